The topological polar surface area (TPSA) is 30.7 Å². The molecular weight excluding hydrogens is 306 g/mol. The number of aromatic nitrogens is 3. The van der Waals surface area contributed by atoms with Crippen molar-refractivity contribution in [3.63, 3.8) is 0 Å². The molecule has 0 spiro atoms. The quantitative estimate of drug-likeness (QED) is 0.665. The van der Waals surface area contributed by atoms with Gasteiger partial charge >= 0.3 is 6.18 Å². The molecule has 0 aliphatic heterocycles. The van der Waals surface area contributed by atoms with E-state index in [9.17, 15) is 17.6 Å². The molecule has 0 saturated heterocycles. The van der Waals surface area contributed by atoms with Gasteiger partial charge in [-0.25, -0.2) is 14.1 Å². The van der Waals surface area contributed by atoms with Crippen molar-refractivity contribution in [3.8, 4) is 16.4 Å². The van der Waals surface area contributed by atoms with Gasteiger partial charge in [0.05, 0.1) is 11.8 Å². The monoisotopic (exact) mass is 313 g/mol. The van der Waals surface area contributed by atoms with E-state index in [-0.39, 0.29) is 0 Å². The highest BCUT2D eigenvalue weighted by Gasteiger charge is 2.36. The zero-order valence-corrected chi connectivity index (χ0v) is 11.1. The van der Waals surface area contributed by atoms with E-state index in [2.05, 4.69) is 10.1 Å². The van der Waals surface area contributed by atoms with Crippen LogP contribution in [0.2, 0.25) is 0 Å². The van der Waals surface area contributed by atoms with Crippen molar-refractivity contribution < 1.29 is 17.6 Å². The van der Waals surface area contributed by atoms with Crippen LogP contribution < -0.4 is 0 Å². The van der Waals surface area contributed by atoms with Crippen molar-refractivity contribution in [2.75, 3.05) is 0 Å². The largest absolute Gasteiger partial charge is 0.418 e. The Labute approximate surface area is 120 Å². The Morgan fingerprint density at radius 1 is 1.10 bits per heavy atom. The molecule has 3 aromatic rings. The number of halogens is 4. The molecule has 1 aromatic carbocycles. The molecule has 0 aliphatic rings. The van der Waals surface area contributed by atoms with Crippen LogP contribution in [0, 0.1) is 5.82 Å². The number of para-hydroxylation sites is 1. The van der Waals surface area contributed by atoms with Crippen molar-refractivity contribution in [3.05, 3.63) is 53.4 Å². The van der Waals surface area contributed by atoms with Crippen LogP contribution in [0.1, 0.15) is 5.56 Å². The molecule has 2 heterocycles. The van der Waals surface area contributed by atoms with E-state index < -0.39 is 23.2 Å². The van der Waals surface area contributed by atoms with Crippen molar-refractivity contribution in [2.24, 2.45) is 0 Å². The zero-order valence-electron chi connectivity index (χ0n) is 10.3. The number of nitrogens with zero attached hydrogens (tertiary/aromatic N) is 3. The zero-order chi connectivity index (χ0) is 15.0. The second kappa shape index (κ2) is 4.96. The molecule has 0 unspecified atom stereocenters. The van der Waals surface area contributed by atoms with E-state index in [4.69, 9.17) is 0 Å². The molecule has 0 amide bonds. The van der Waals surface area contributed by atoms with Crippen molar-refractivity contribution in [1.29, 1.82) is 0 Å². The summed E-state index contributed by atoms with van der Waals surface area (Å²) >= 11 is 1.23. The maximum atomic E-state index is 14.0. The number of alkyl halides is 3. The summed E-state index contributed by atoms with van der Waals surface area (Å²) in [5.41, 5.74) is -1.40. The van der Waals surface area contributed by atoms with Crippen molar-refractivity contribution >= 4 is 11.3 Å². The van der Waals surface area contributed by atoms with Gasteiger partial charge in [0.1, 0.15) is 22.2 Å². The molecule has 0 fully saturated rings. The van der Waals surface area contributed by atoms with Gasteiger partial charge in [0, 0.05) is 11.6 Å². The minimum absolute atomic E-state index is 0.306. The van der Waals surface area contributed by atoms with Crippen LogP contribution >= 0.6 is 11.3 Å². The lowest BCUT2D eigenvalue weighted by atomic mass is 10.1. The lowest BCUT2D eigenvalue weighted by molar-refractivity contribution is -0.137. The number of hydrogen-bond acceptors (Lipinski definition) is 3. The third kappa shape index (κ3) is 2.42. The Balaban J connectivity index is 2.26. The molecule has 8 heteroatoms. The highest BCUT2D eigenvalue weighted by molar-refractivity contribution is 7.13. The number of hydrogen-bond donors (Lipinski definition) is 0. The Kier molecular flexibility index (Phi) is 3.25. The molecule has 0 bridgehead atoms. The smallest absolute Gasteiger partial charge is 0.243 e. The minimum atomic E-state index is -4.68. The van der Waals surface area contributed by atoms with Crippen LogP contribution in [0.5, 0.6) is 0 Å². The predicted octanol–water partition coefficient (Wildman–Crippen LogP) is 4.15. The van der Waals surface area contributed by atoms with Gasteiger partial charge in [-0.15, -0.1) is 11.3 Å². The maximum Gasteiger partial charge on any atom is 0.418 e. The van der Waals surface area contributed by atoms with Crippen LogP contribution in [0.15, 0.2) is 42.0 Å². The van der Waals surface area contributed by atoms with Gasteiger partial charge in [0.2, 0.25) is 0 Å². The van der Waals surface area contributed by atoms with Crippen LogP contribution in [0.4, 0.5) is 17.6 Å². The average molecular weight is 313 g/mol. The Morgan fingerprint density at radius 2 is 1.90 bits per heavy atom. The molecule has 2 aromatic heterocycles. The van der Waals surface area contributed by atoms with E-state index in [0.717, 1.165) is 22.9 Å². The minimum Gasteiger partial charge on any atom is -0.243 e. The molecule has 3 rings (SSSR count). The summed E-state index contributed by atoms with van der Waals surface area (Å²) in [7, 11) is 0. The average Bonchev–Trinajstić information content (AvgIpc) is 3.08. The summed E-state index contributed by atoms with van der Waals surface area (Å²) in [4.78, 5) is 4.02. The number of thiazole rings is 1. The first-order chi connectivity index (χ1) is 9.98. The second-order valence-electron chi connectivity index (χ2n) is 4.10. The SMILES string of the molecule is Fc1cccc(C(F)(F)F)c1-n1nccc1-c1nccs1. The molecule has 0 atom stereocenters. The molecule has 0 N–H and O–H groups in total. The summed E-state index contributed by atoms with van der Waals surface area (Å²) in [6, 6.07) is 4.31. The molecule has 0 radical (unpaired) electrons. The van der Waals surface area contributed by atoms with E-state index in [1.54, 1.807) is 5.38 Å². The summed E-state index contributed by atoms with van der Waals surface area (Å²) in [5.74, 6) is -0.994. The Morgan fingerprint density at radius 3 is 2.57 bits per heavy atom. The number of benzene rings is 1. The second-order valence-corrected chi connectivity index (χ2v) is 4.99. The van der Waals surface area contributed by atoms with Gasteiger partial charge in [-0.05, 0) is 18.2 Å². The van der Waals surface area contributed by atoms with Gasteiger partial charge in [-0.3, -0.25) is 0 Å². The maximum absolute atomic E-state index is 14.0. The number of rotatable bonds is 2. The summed E-state index contributed by atoms with van der Waals surface area (Å²) < 4.78 is 54.1. The van der Waals surface area contributed by atoms with E-state index in [1.165, 1.54) is 29.8 Å². The van der Waals surface area contributed by atoms with Gasteiger partial charge in [-0.2, -0.15) is 18.3 Å². The van der Waals surface area contributed by atoms with Crippen LogP contribution in [0.25, 0.3) is 16.4 Å². The summed E-state index contributed by atoms with van der Waals surface area (Å²) in [6.45, 7) is 0. The lowest BCUT2D eigenvalue weighted by Crippen LogP contribution is -2.14. The van der Waals surface area contributed by atoms with Crippen LogP contribution in [-0.4, -0.2) is 14.8 Å². The van der Waals surface area contributed by atoms with Crippen LogP contribution in [0.3, 0.4) is 0 Å². The fraction of sp³-hybridized carbons (Fsp3) is 0.0769. The Bertz CT molecular complexity index is 762. The van der Waals surface area contributed by atoms with Crippen molar-refractivity contribution in [2.45, 2.75) is 6.18 Å². The Hall–Kier alpha value is -2.22. The van der Waals surface area contributed by atoms with E-state index in [0.29, 0.717) is 10.7 Å². The third-order valence-electron chi connectivity index (χ3n) is 2.80. The first kappa shape index (κ1) is 13.7. The molecule has 0 aliphatic carbocycles. The standard InChI is InChI=1S/C13H7F4N3S/c14-9-3-1-2-8(13(15,16)17)11(9)20-10(4-5-19-20)12-18-6-7-21-12/h1-7H. The highest BCUT2D eigenvalue weighted by Crippen LogP contribution is 2.36. The van der Waals surface area contributed by atoms with Gasteiger partial charge < -0.3 is 0 Å². The first-order valence-corrected chi connectivity index (χ1v) is 6.66. The highest BCUT2D eigenvalue weighted by atomic mass is 32.1. The summed E-state index contributed by atoms with van der Waals surface area (Å²) in [5, 5.41) is 5.96. The fourth-order valence-electron chi connectivity index (χ4n) is 1.95. The lowest BCUT2D eigenvalue weighted by Gasteiger charge is -2.14. The molecule has 3 nitrogen and oxygen atoms in total. The third-order valence-corrected chi connectivity index (χ3v) is 3.59. The molecule has 108 valence electrons. The van der Waals surface area contributed by atoms with Gasteiger partial charge in [-0.1, -0.05) is 6.07 Å². The van der Waals surface area contributed by atoms with Gasteiger partial charge in [0.25, 0.3) is 0 Å². The van der Waals surface area contributed by atoms with E-state index >= 15 is 0 Å². The summed E-state index contributed by atoms with van der Waals surface area (Å²) in [6.07, 6.45) is -1.85. The van der Waals surface area contributed by atoms with Gasteiger partial charge in [0.15, 0.2) is 0 Å². The van der Waals surface area contributed by atoms with Crippen molar-refractivity contribution in [1.82, 2.24) is 14.8 Å². The molecule has 21 heavy (non-hydrogen) atoms. The fourth-order valence-corrected chi connectivity index (χ4v) is 2.60. The van der Waals surface area contributed by atoms with E-state index in [1.807, 2.05) is 0 Å². The van der Waals surface area contributed by atoms with Crippen LogP contribution in [-0.2, 0) is 6.18 Å². The first-order valence-electron chi connectivity index (χ1n) is 5.78. The predicted molar refractivity (Wildman–Crippen MR) is 69.6 cm³/mol. The normalized spacial score (nSPS) is 11.8. The molecule has 0 saturated carbocycles. The molecular formula is C13H7F4N3S.